The topological polar surface area (TPSA) is 70.8 Å². The number of aryl methyl sites for hydroxylation is 1. The fraction of sp³-hybridized carbons (Fsp3) is 0.455. The van der Waals surface area contributed by atoms with Crippen molar-refractivity contribution in [3.05, 3.63) is 23.7 Å². The van der Waals surface area contributed by atoms with Crippen LogP contribution in [0.2, 0.25) is 0 Å². The molecule has 0 bridgehead atoms. The number of hydrogen-bond acceptors (Lipinski definition) is 3. The molecule has 5 heteroatoms. The number of amides is 1. The van der Waals surface area contributed by atoms with E-state index in [1.165, 1.54) is 11.2 Å². The predicted molar refractivity (Wildman–Crippen MR) is 55.1 cm³/mol. The van der Waals surface area contributed by atoms with Gasteiger partial charge in [-0.25, -0.2) is 4.79 Å². The Morgan fingerprint density at radius 1 is 1.56 bits per heavy atom. The molecule has 5 nitrogen and oxygen atoms in total. The molecule has 0 saturated carbocycles. The highest BCUT2D eigenvalue weighted by Crippen LogP contribution is 2.21. The van der Waals surface area contributed by atoms with E-state index >= 15 is 0 Å². The molecule has 0 aromatic carbocycles. The fourth-order valence-electron chi connectivity index (χ4n) is 1.99. The first-order valence-corrected chi connectivity index (χ1v) is 5.18. The molecule has 1 aromatic heterocycles. The first kappa shape index (κ1) is 10.7. The lowest BCUT2D eigenvalue weighted by Crippen LogP contribution is -2.40. The van der Waals surface area contributed by atoms with Crippen LogP contribution in [0, 0.1) is 6.92 Å². The Hall–Kier alpha value is -1.78. The molecule has 2 rings (SSSR count). The highest BCUT2D eigenvalue weighted by molar-refractivity contribution is 5.96. The third-order valence-electron chi connectivity index (χ3n) is 2.78. The fourth-order valence-corrected chi connectivity index (χ4v) is 1.99. The van der Waals surface area contributed by atoms with Crippen molar-refractivity contribution in [1.29, 1.82) is 0 Å². The van der Waals surface area contributed by atoms with Gasteiger partial charge in [-0.15, -0.1) is 0 Å². The van der Waals surface area contributed by atoms with Crippen molar-refractivity contribution in [3.8, 4) is 0 Å². The maximum absolute atomic E-state index is 12.0. The average Bonchev–Trinajstić information content (AvgIpc) is 2.84. The molecule has 1 aliphatic rings. The number of carbonyl (C=O) groups is 2. The molecule has 1 fully saturated rings. The zero-order valence-corrected chi connectivity index (χ0v) is 8.97. The number of aliphatic carboxylic acids is 1. The van der Waals surface area contributed by atoms with Gasteiger partial charge in [0.1, 0.15) is 18.1 Å². The van der Waals surface area contributed by atoms with Crippen molar-refractivity contribution in [2.24, 2.45) is 0 Å². The SMILES string of the molecule is Cc1cc(C(=O)N2CCC[C@H]2C(=O)O)co1. The first-order valence-electron chi connectivity index (χ1n) is 5.18. The number of carboxylic acids is 1. The van der Waals surface area contributed by atoms with Gasteiger partial charge in [0.25, 0.3) is 5.91 Å². The van der Waals surface area contributed by atoms with Gasteiger partial charge in [-0.3, -0.25) is 4.79 Å². The second-order valence-electron chi connectivity index (χ2n) is 3.94. The van der Waals surface area contributed by atoms with E-state index in [4.69, 9.17) is 9.52 Å². The molecule has 1 atom stereocenters. The summed E-state index contributed by atoms with van der Waals surface area (Å²) in [4.78, 5) is 24.3. The summed E-state index contributed by atoms with van der Waals surface area (Å²) >= 11 is 0. The van der Waals surface area contributed by atoms with Gasteiger partial charge in [-0.05, 0) is 25.8 Å². The second kappa shape index (κ2) is 4.00. The summed E-state index contributed by atoms with van der Waals surface area (Å²) in [5, 5.41) is 8.97. The Kier molecular flexibility index (Phi) is 2.68. The lowest BCUT2D eigenvalue weighted by molar-refractivity contribution is -0.141. The van der Waals surface area contributed by atoms with Crippen LogP contribution in [0.15, 0.2) is 16.7 Å². The minimum Gasteiger partial charge on any atom is -0.480 e. The molecular weight excluding hydrogens is 210 g/mol. The standard InChI is InChI=1S/C11H13NO4/c1-7-5-8(6-16-7)10(13)12-4-2-3-9(12)11(14)15/h5-6,9H,2-4H2,1H3,(H,14,15)/t9-/m0/s1. The van der Waals surface area contributed by atoms with Crippen molar-refractivity contribution >= 4 is 11.9 Å². The summed E-state index contributed by atoms with van der Waals surface area (Å²) in [5.41, 5.74) is 0.422. The van der Waals surface area contributed by atoms with E-state index < -0.39 is 12.0 Å². The van der Waals surface area contributed by atoms with Crippen LogP contribution in [0.5, 0.6) is 0 Å². The van der Waals surface area contributed by atoms with Gasteiger partial charge in [0.2, 0.25) is 0 Å². The Bertz CT molecular complexity index is 423. The van der Waals surface area contributed by atoms with Gasteiger partial charge in [0.05, 0.1) is 5.56 Å². The molecule has 0 spiro atoms. The summed E-state index contributed by atoms with van der Waals surface area (Å²) in [6, 6.07) is 0.933. The summed E-state index contributed by atoms with van der Waals surface area (Å²) in [6.45, 7) is 2.25. The molecule has 0 aliphatic carbocycles. The molecule has 86 valence electrons. The molecule has 1 aliphatic heterocycles. The number of carbonyl (C=O) groups excluding carboxylic acids is 1. The van der Waals surface area contributed by atoms with Gasteiger partial charge in [0, 0.05) is 6.54 Å². The number of nitrogens with zero attached hydrogens (tertiary/aromatic N) is 1. The maximum atomic E-state index is 12.0. The van der Waals surface area contributed by atoms with Crippen LogP contribution in [0.3, 0.4) is 0 Å². The van der Waals surface area contributed by atoms with Crippen LogP contribution in [-0.4, -0.2) is 34.5 Å². The van der Waals surface area contributed by atoms with Crippen LogP contribution < -0.4 is 0 Å². The first-order chi connectivity index (χ1) is 7.59. The lowest BCUT2D eigenvalue weighted by atomic mass is 10.2. The van der Waals surface area contributed by atoms with Crippen LogP contribution in [-0.2, 0) is 4.79 Å². The second-order valence-corrected chi connectivity index (χ2v) is 3.94. The molecule has 2 heterocycles. The van der Waals surface area contributed by atoms with Crippen LogP contribution in [0.1, 0.15) is 29.0 Å². The van der Waals surface area contributed by atoms with E-state index in [1.807, 2.05) is 0 Å². The Balaban J connectivity index is 2.18. The smallest absolute Gasteiger partial charge is 0.326 e. The minimum absolute atomic E-state index is 0.262. The molecule has 1 saturated heterocycles. The van der Waals surface area contributed by atoms with Crippen molar-refractivity contribution in [3.63, 3.8) is 0 Å². The minimum atomic E-state index is -0.939. The van der Waals surface area contributed by atoms with E-state index in [1.54, 1.807) is 13.0 Å². The van der Waals surface area contributed by atoms with Crippen LogP contribution >= 0.6 is 0 Å². The largest absolute Gasteiger partial charge is 0.480 e. The quantitative estimate of drug-likeness (QED) is 0.819. The summed E-state index contributed by atoms with van der Waals surface area (Å²) in [6.07, 6.45) is 2.63. The number of furan rings is 1. The van der Waals surface area contributed by atoms with Crippen molar-refractivity contribution in [1.82, 2.24) is 4.90 Å². The van der Waals surface area contributed by atoms with Crippen molar-refractivity contribution in [2.75, 3.05) is 6.54 Å². The summed E-state index contributed by atoms with van der Waals surface area (Å²) in [5.74, 6) is -0.553. The molecule has 1 amide bonds. The molecule has 0 radical (unpaired) electrons. The number of hydrogen-bond donors (Lipinski definition) is 1. The Morgan fingerprint density at radius 3 is 2.88 bits per heavy atom. The average molecular weight is 223 g/mol. The monoisotopic (exact) mass is 223 g/mol. The van der Waals surface area contributed by atoms with E-state index in [-0.39, 0.29) is 5.91 Å². The summed E-state index contributed by atoms with van der Waals surface area (Å²) in [7, 11) is 0. The van der Waals surface area contributed by atoms with E-state index in [0.29, 0.717) is 24.3 Å². The molecule has 16 heavy (non-hydrogen) atoms. The third-order valence-corrected chi connectivity index (χ3v) is 2.78. The zero-order valence-electron chi connectivity index (χ0n) is 8.97. The molecular formula is C11H13NO4. The predicted octanol–water partition coefficient (Wildman–Crippen LogP) is 1.28. The zero-order chi connectivity index (χ0) is 11.7. The lowest BCUT2D eigenvalue weighted by Gasteiger charge is -2.20. The highest BCUT2D eigenvalue weighted by Gasteiger charge is 2.34. The Labute approximate surface area is 92.7 Å². The van der Waals surface area contributed by atoms with Crippen LogP contribution in [0.4, 0.5) is 0 Å². The van der Waals surface area contributed by atoms with Gasteiger partial charge < -0.3 is 14.4 Å². The number of likely N-dealkylation sites (tertiary alicyclic amines) is 1. The summed E-state index contributed by atoms with van der Waals surface area (Å²) < 4.78 is 5.05. The van der Waals surface area contributed by atoms with Crippen LogP contribution in [0.25, 0.3) is 0 Å². The third kappa shape index (κ3) is 1.80. The number of rotatable bonds is 2. The van der Waals surface area contributed by atoms with Gasteiger partial charge in [-0.1, -0.05) is 0 Å². The van der Waals surface area contributed by atoms with E-state index in [0.717, 1.165) is 6.42 Å². The van der Waals surface area contributed by atoms with Crippen molar-refractivity contribution in [2.45, 2.75) is 25.8 Å². The Morgan fingerprint density at radius 2 is 2.31 bits per heavy atom. The molecule has 1 N–H and O–H groups in total. The van der Waals surface area contributed by atoms with Crippen molar-refractivity contribution < 1.29 is 19.1 Å². The maximum Gasteiger partial charge on any atom is 0.326 e. The van der Waals surface area contributed by atoms with Gasteiger partial charge >= 0.3 is 5.97 Å². The highest BCUT2D eigenvalue weighted by atomic mass is 16.4. The van der Waals surface area contributed by atoms with E-state index in [2.05, 4.69) is 0 Å². The van der Waals surface area contributed by atoms with E-state index in [9.17, 15) is 9.59 Å². The number of carboxylic acid groups (broad SMARTS) is 1. The molecule has 0 unspecified atom stereocenters. The normalized spacial score (nSPS) is 20.1. The van der Waals surface area contributed by atoms with Gasteiger partial charge in [0.15, 0.2) is 0 Å². The van der Waals surface area contributed by atoms with Gasteiger partial charge in [-0.2, -0.15) is 0 Å². The molecule has 1 aromatic rings.